The molecule has 1 aromatic carbocycles. The third-order valence-electron chi connectivity index (χ3n) is 2.98. The van der Waals surface area contributed by atoms with E-state index in [2.05, 4.69) is 10.4 Å². The van der Waals surface area contributed by atoms with Crippen LogP contribution in [0.5, 0.6) is 11.5 Å². The molecule has 20 heavy (non-hydrogen) atoms. The second-order valence-corrected chi connectivity index (χ2v) is 4.36. The Morgan fingerprint density at radius 2 is 1.85 bits per heavy atom. The number of aromatic nitrogens is 2. The summed E-state index contributed by atoms with van der Waals surface area (Å²) >= 11 is 0. The SMILES string of the molecule is COc1cc(C(=O)Nc2cnn(C)c2)cc(OC)c1C. The van der Waals surface area contributed by atoms with Gasteiger partial charge in [0.25, 0.3) is 5.91 Å². The monoisotopic (exact) mass is 275 g/mol. The zero-order valence-corrected chi connectivity index (χ0v) is 11.9. The van der Waals surface area contributed by atoms with Crippen molar-refractivity contribution in [1.82, 2.24) is 9.78 Å². The number of rotatable bonds is 4. The second kappa shape index (κ2) is 5.64. The molecule has 106 valence electrons. The van der Waals surface area contributed by atoms with Crippen molar-refractivity contribution in [2.45, 2.75) is 6.92 Å². The predicted octanol–water partition coefficient (Wildman–Crippen LogP) is 2.00. The van der Waals surface area contributed by atoms with Crippen LogP contribution in [0, 0.1) is 6.92 Å². The minimum absolute atomic E-state index is 0.241. The highest BCUT2D eigenvalue weighted by Gasteiger charge is 2.14. The normalized spacial score (nSPS) is 10.2. The second-order valence-electron chi connectivity index (χ2n) is 4.36. The van der Waals surface area contributed by atoms with Crippen molar-refractivity contribution in [3.63, 3.8) is 0 Å². The van der Waals surface area contributed by atoms with E-state index in [9.17, 15) is 4.79 Å². The summed E-state index contributed by atoms with van der Waals surface area (Å²) in [6, 6.07) is 3.37. The minimum atomic E-state index is -0.241. The average Bonchev–Trinajstić information content (AvgIpc) is 2.84. The fourth-order valence-electron chi connectivity index (χ4n) is 1.91. The average molecular weight is 275 g/mol. The van der Waals surface area contributed by atoms with Crippen LogP contribution in [0.15, 0.2) is 24.5 Å². The molecule has 6 nitrogen and oxygen atoms in total. The molecule has 0 saturated carbocycles. The van der Waals surface area contributed by atoms with Gasteiger partial charge in [-0.15, -0.1) is 0 Å². The Bertz CT molecular complexity index is 609. The lowest BCUT2D eigenvalue weighted by atomic mass is 10.1. The Hall–Kier alpha value is -2.50. The fraction of sp³-hybridized carbons (Fsp3) is 0.286. The third-order valence-corrected chi connectivity index (χ3v) is 2.98. The maximum Gasteiger partial charge on any atom is 0.256 e. The van der Waals surface area contributed by atoms with E-state index in [0.29, 0.717) is 22.7 Å². The highest BCUT2D eigenvalue weighted by atomic mass is 16.5. The molecular weight excluding hydrogens is 258 g/mol. The number of benzene rings is 1. The van der Waals surface area contributed by atoms with E-state index in [0.717, 1.165) is 5.56 Å². The summed E-state index contributed by atoms with van der Waals surface area (Å²) < 4.78 is 12.1. The van der Waals surface area contributed by atoms with E-state index in [1.54, 1.807) is 50.5 Å². The van der Waals surface area contributed by atoms with E-state index in [-0.39, 0.29) is 5.91 Å². The number of nitrogens with one attached hydrogen (secondary N) is 1. The molecule has 0 bridgehead atoms. The van der Waals surface area contributed by atoms with Crippen molar-refractivity contribution < 1.29 is 14.3 Å². The lowest BCUT2D eigenvalue weighted by molar-refractivity contribution is 0.102. The Morgan fingerprint density at radius 3 is 2.30 bits per heavy atom. The molecule has 1 N–H and O–H groups in total. The van der Waals surface area contributed by atoms with E-state index in [1.165, 1.54) is 0 Å². The van der Waals surface area contributed by atoms with Crippen LogP contribution in [0.4, 0.5) is 5.69 Å². The van der Waals surface area contributed by atoms with Gasteiger partial charge in [0.1, 0.15) is 11.5 Å². The first-order valence-corrected chi connectivity index (χ1v) is 6.07. The Labute approximate surface area is 117 Å². The molecule has 1 amide bonds. The molecule has 0 saturated heterocycles. The number of anilines is 1. The standard InChI is InChI=1S/C14H17N3O3/c1-9-12(19-3)5-10(6-13(9)20-4)14(18)16-11-7-15-17(2)8-11/h5-8H,1-4H3,(H,16,18). The summed E-state index contributed by atoms with van der Waals surface area (Å²) in [6.07, 6.45) is 3.31. The maximum absolute atomic E-state index is 12.2. The Kier molecular flexibility index (Phi) is 3.93. The molecule has 0 unspecified atom stereocenters. The first kappa shape index (κ1) is 13.9. The summed E-state index contributed by atoms with van der Waals surface area (Å²) in [4.78, 5) is 12.2. The zero-order valence-electron chi connectivity index (χ0n) is 11.9. The smallest absolute Gasteiger partial charge is 0.256 e. The quantitative estimate of drug-likeness (QED) is 0.926. The van der Waals surface area contributed by atoms with Crippen LogP contribution in [0.25, 0.3) is 0 Å². The number of carbonyl (C=O) groups excluding carboxylic acids is 1. The van der Waals surface area contributed by atoms with Crippen LogP contribution in [-0.4, -0.2) is 29.9 Å². The van der Waals surface area contributed by atoms with E-state index in [1.807, 2.05) is 6.92 Å². The molecule has 0 aliphatic heterocycles. The largest absolute Gasteiger partial charge is 0.496 e. The number of methoxy groups -OCH3 is 2. The van der Waals surface area contributed by atoms with Gasteiger partial charge >= 0.3 is 0 Å². The van der Waals surface area contributed by atoms with Crippen molar-refractivity contribution in [3.8, 4) is 11.5 Å². The van der Waals surface area contributed by atoms with Gasteiger partial charge in [-0.2, -0.15) is 5.10 Å². The van der Waals surface area contributed by atoms with Gasteiger partial charge in [0.05, 0.1) is 26.1 Å². The number of hydrogen-bond donors (Lipinski definition) is 1. The maximum atomic E-state index is 12.2. The fourth-order valence-corrected chi connectivity index (χ4v) is 1.91. The first-order chi connectivity index (χ1) is 9.55. The van der Waals surface area contributed by atoms with Gasteiger partial charge in [-0.05, 0) is 19.1 Å². The molecule has 0 radical (unpaired) electrons. The molecular formula is C14H17N3O3. The Balaban J connectivity index is 2.29. The van der Waals surface area contributed by atoms with Crippen molar-refractivity contribution in [2.24, 2.45) is 7.05 Å². The van der Waals surface area contributed by atoms with Crippen molar-refractivity contribution in [3.05, 3.63) is 35.7 Å². The van der Waals surface area contributed by atoms with Crippen LogP contribution >= 0.6 is 0 Å². The highest BCUT2D eigenvalue weighted by Crippen LogP contribution is 2.29. The summed E-state index contributed by atoms with van der Waals surface area (Å²) in [5.74, 6) is 0.982. The summed E-state index contributed by atoms with van der Waals surface area (Å²) in [5, 5.41) is 6.77. The van der Waals surface area contributed by atoms with E-state index >= 15 is 0 Å². The van der Waals surface area contributed by atoms with Gasteiger partial charge in [0.2, 0.25) is 0 Å². The molecule has 0 atom stereocenters. The van der Waals surface area contributed by atoms with Crippen LogP contribution in [0.1, 0.15) is 15.9 Å². The number of nitrogens with zero attached hydrogens (tertiary/aromatic N) is 2. The van der Waals surface area contributed by atoms with Crippen molar-refractivity contribution >= 4 is 11.6 Å². The van der Waals surface area contributed by atoms with Crippen molar-refractivity contribution in [1.29, 1.82) is 0 Å². The van der Waals surface area contributed by atoms with Gasteiger partial charge in [0, 0.05) is 24.4 Å². The van der Waals surface area contributed by atoms with Crippen molar-refractivity contribution in [2.75, 3.05) is 19.5 Å². The van der Waals surface area contributed by atoms with Gasteiger partial charge in [0.15, 0.2) is 0 Å². The summed E-state index contributed by atoms with van der Waals surface area (Å²) in [5.41, 5.74) is 1.96. The molecule has 0 fully saturated rings. The van der Waals surface area contributed by atoms with Crippen LogP contribution < -0.4 is 14.8 Å². The highest BCUT2D eigenvalue weighted by molar-refractivity contribution is 6.04. The number of aryl methyl sites for hydroxylation is 1. The molecule has 0 spiro atoms. The van der Waals surface area contributed by atoms with Crippen LogP contribution in [-0.2, 0) is 7.05 Å². The third kappa shape index (κ3) is 2.74. The minimum Gasteiger partial charge on any atom is -0.496 e. The number of amides is 1. The molecule has 2 aromatic rings. The molecule has 2 rings (SSSR count). The zero-order chi connectivity index (χ0) is 14.7. The summed E-state index contributed by atoms with van der Waals surface area (Å²) in [7, 11) is 4.91. The molecule has 0 aliphatic carbocycles. The molecule has 1 heterocycles. The van der Waals surface area contributed by atoms with E-state index in [4.69, 9.17) is 9.47 Å². The lowest BCUT2D eigenvalue weighted by Gasteiger charge is -2.12. The van der Waals surface area contributed by atoms with Gasteiger partial charge < -0.3 is 14.8 Å². The van der Waals surface area contributed by atoms with E-state index < -0.39 is 0 Å². The molecule has 0 aliphatic rings. The molecule has 1 aromatic heterocycles. The molecule has 6 heteroatoms. The Morgan fingerprint density at radius 1 is 1.25 bits per heavy atom. The lowest BCUT2D eigenvalue weighted by Crippen LogP contribution is -2.12. The number of hydrogen-bond acceptors (Lipinski definition) is 4. The predicted molar refractivity (Wildman–Crippen MR) is 75.4 cm³/mol. The topological polar surface area (TPSA) is 65.4 Å². The number of ether oxygens (including phenoxy) is 2. The van der Waals surface area contributed by atoms with Crippen LogP contribution in [0.2, 0.25) is 0 Å². The van der Waals surface area contributed by atoms with Gasteiger partial charge in [-0.3, -0.25) is 9.48 Å². The van der Waals surface area contributed by atoms with Gasteiger partial charge in [-0.1, -0.05) is 0 Å². The number of carbonyl (C=O) groups is 1. The van der Waals surface area contributed by atoms with Gasteiger partial charge in [-0.25, -0.2) is 0 Å². The first-order valence-electron chi connectivity index (χ1n) is 6.07. The summed E-state index contributed by atoms with van der Waals surface area (Å²) in [6.45, 7) is 1.88. The van der Waals surface area contributed by atoms with Crippen LogP contribution in [0.3, 0.4) is 0 Å².